The van der Waals surface area contributed by atoms with Crippen LogP contribution in [0.15, 0.2) is 37.0 Å². The van der Waals surface area contributed by atoms with Crippen molar-refractivity contribution < 1.29 is 38.1 Å². The van der Waals surface area contributed by atoms with E-state index in [1.54, 1.807) is 0 Å². The van der Waals surface area contributed by atoms with Gasteiger partial charge < -0.3 is 18.9 Å². The lowest BCUT2D eigenvalue weighted by molar-refractivity contribution is -0.147. The van der Waals surface area contributed by atoms with Crippen molar-refractivity contribution in [3.8, 4) is 0 Å². The third-order valence-electron chi connectivity index (χ3n) is 2.12. The SMILES string of the molecule is C=CC(=O)OCCOC(=O)/C=C(/C)C(=O)OCCOC(=O)C=C. The maximum Gasteiger partial charge on any atom is 0.334 e. The Hall–Kier alpha value is -2.90. The third-order valence-corrected chi connectivity index (χ3v) is 2.12. The second kappa shape index (κ2) is 11.7. The number of carbonyl (C=O) groups is 4. The average molecular weight is 326 g/mol. The minimum absolute atomic E-state index is 0.00753. The Balaban J connectivity index is 4.01. The van der Waals surface area contributed by atoms with Gasteiger partial charge in [0, 0.05) is 23.8 Å². The number of ether oxygens (including phenoxy) is 4. The van der Waals surface area contributed by atoms with Crippen LogP contribution in [0.4, 0.5) is 0 Å². The summed E-state index contributed by atoms with van der Waals surface area (Å²) in [5.74, 6) is -2.80. The summed E-state index contributed by atoms with van der Waals surface area (Å²) in [6.07, 6.45) is 2.90. The molecule has 0 N–H and O–H groups in total. The zero-order valence-corrected chi connectivity index (χ0v) is 12.7. The number of esters is 4. The van der Waals surface area contributed by atoms with Gasteiger partial charge in [-0.2, -0.15) is 0 Å². The summed E-state index contributed by atoms with van der Waals surface area (Å²) in [6, 6.07) is 0. The van der Waals surface area contributed by atoms with Gasteiger partial charge in [-0.05, 0) is 6.92 Å². The van der Waals surface area contributed by atoms with E-state index in [2.05, 4.69) is 22.6 Å². The molecule has 0 aromatic carbocycles. The summed E-state index contributed by atoms with van der Waals surface area (Å²) in [7, 11) is 0. The van der Waals surface area contributed by atoms with Crippen molar-refractivity contribution in [3.63, 3.8) is 0 Å². The van der Waals surface area contributed by atoms with Gasteiger partial charge in [-0.15, -0.1) is 0 Å². The summed E-state index contributed by atoms with van der Waals surface area (Å²) in [6.45, 7) is 7.21. The van der Waals surface area contributed by atoms with Gasteiger partial charge >= 0.3 is 23.9 Å². The van der Waals surface area contributed by atoms with E-state index in [0.29, 0.717) is 0 Å². The van der Waals surface area contributed by atoms with Gasteiger partial charge in [-0.1, -0.05) is 13.2 Å². The molecule has 0 aromatic heterocycles. The lowest BCUT2D eigenvalue weighted by atomic mass is 10.3. The average Bonchev–Trinajstić information content (AvgIpc) is 2.54. The van der Waals surface area contributed by atoms with E-state index in [-0.39, 0.29) is 32.0 Å². The number of rotatable bonds is 10. The van der Waals surface area contributed by atoms with Gasteiger partial charge in [0.2, 0.25) is 0 Å². The van der Waals surface area contributed by atoms with Gasteiger partial charge in [-0.25, -0.2) is 19.2 Å². The molecule has 8 heteroatoms. The van der Waals surface area contributed by atoms with Gasteiger partial charge in [0.05, 0.1) is 0 Å². The number of carbonyl (C=O) groups excluding carboxylic acids is 4. The molecule has 126 valence electrons. The van der Waals surface area contributed by atoms with Crippen molar-refractivity contribution in [2.45, 2.75) is 6.92 Å². The van der Waals surface area contributed by atoms with Gasteiger partial charge in [0.25, 0.3) is 0 Å². The first-order chi connectivity index (χ1) is 10.9. The molecule has 0 heterocycles. The summed E-state index contributed by atoms with van der Waals surface area (Å²) < 4.78 is 18.7. The second-order valence-electron chi connectivity index (χ2n) is 3.87. The van der Waals surface area contributed by atoms with Crippen molar-refractivity contribution in [1.82, 2.24) is 0 Å². The van der Waals surface area contributed by atoms with E-state index < -0.39 is 23.9 Å². The highest BCUT2D eigenvalue weighted by Crippen LogP contribution is 1.98. The molecular formula is C15H18O8. The molecule has 0 rings (SSSR count). The zero-order valence-electron chi connectivity index (χ0n) is 12.7. The zero-order chi connectivity index (χ0) is 17.7. The quantitative estimate of drug-likeness (QED) is 0.247. The van der Waals surface area contributed by atoms with Crippen LogP contribution in [0.2, 0.25) is 0 Å². The van der Waals surface area contributed by atoms with E-state index in [1.165, 1.54) is 6.92 Å². The minimum atomic E-state index is -0.785. The summed E-state index contributed by atoms with van der Waals surface area (Å²) in [5, 5.41) is 0. The molecule has 8 nitrogen and oxygen atoms in total. The molecule has 0 unspecified atom stereocenters. The summed E-state index contributed by atoms with van der Waals surface area (Å²) >= 11 is 0. The van der Waals surface area contributed by atoms with Crippen molar-refractivity contribution >= 4 is 23.9 Å². The fourth-order valence-electron chi connectivity index (χ4n) is 1.07. The van der Waals surface area contributed by atoms with Crippen LogP contribution in [-0.4, -0.2) is 50.3 Å². The molecule has 0 aliphatic heterocycles. The molecule has 0 aliphatic carbocycles. The Kier molecular flexibility index (Phi) is 10.2. The minimum Gasteiger partial charge on any atom is -0.459 e. The molecule has 0 fully saturated rings. The topological polar surface area (TPSA) is 105 Å². The van der Waals surface area contributed by atoms with E-state index in [4.69, 9.17) is 9.47 Å². The van der Waals surface area contributed by atoms with Gasteiger partial charge in [0.1, 0.15) is 26.4 Å². The van der Waals surface area contributed by atoms with Gasteiger partial charge in [-0.3, -0.25) is 0 Å². The van der Waals surface area contributed by atoms with E-state index >= 15 is 0 Å². The second-order valence-corrected chi connectivity index (χ2v) is 3.87. The standard InChI is InChI=1S/C15H18O8/c1-4-12(16)20-6-7-22-14(18)10-11(3)15(19)23-9-8-21-13(17)5-2/h4-5,10H,1-2,6-9H2,3H3/b11-10-. The smallest absolute Gasteiger partial charge is 0.334 e. The Morgan fingerprint density at radius 1 is 0.739 bits per heavy atom. The van der Waals surface area contributed by atoms with E-state index in [0.717, 1.165) is 18.2 Å². The maximum absolute atomic E-state index is 11.5. The van der Waals surface area contributed by atoms with E-state index in [1.807, 2.05) is 0 Å². The van der Waals surface area contributed by atoms with Crippen LogP contribution in [0.25, 0.3) is 0 Å². The molecule has 0 saturated heterocycles. The predicted octanol–water partition coefficient (Wildman–Crippen LogP) is 0.478. The first-order valence-electron chi connectivity index (χ1n) is 6.51. The Labute approximate surface area is 133 Å². The maximum atomic E-state index is 11.5. The highest BCUT2D eigenvalue weighted by atomic mass is 16.6. The first kappa shape index (κ1) is 20.1. The number of hydrogen-bond donors (Lipinski definition) is 0. The van der Waals surface area contributed by atoms with Crippen LogP contribution in [0.3, 0.4) is 0 Å². The Morgan fingerprint density at radius 2 is 1.13 bits per heavy atom. The van der Waals surface area contributed by atoms with Crippen molar-refractivity contribution in [3.05, 3.63) is 37.0 Å². The molecule has 0 amide bonds. The van der Waals surface area contributed by atoms with Crippen molar-refractivity contribution in [1.29, 1.82) is 0 Å². The molecule has 0 radical (unpaired) electrons. The normalized spacial score (nSPS) is 10.2. The highest BCUT2D eigenvalue weighted by Gasteiger charge is 2.09. The largest absolute Gasteiger partial charge is 0.459 e. The Bertz CT molecular complexity index is 504. The lowest BCUT2D eigenvalue weighted by Crippen LogP contribution is -2.15. The highest BCUT2D eigenvalue weighted by molar-refractivity contribution is 5.95. The molecule has 0 aromatic rings. The van der Waals surface area contributed by atoms with Crippen LogP contribution >= 0.6 is 0 Å². The van der Waals surface area contributed by atoms with Crippen LogP contribution in [-0.2, 0) is 38.1 Å². The van der Waals surface area contributed by atoms with Crippen LogP contribution < -0.4 is 0 Å². The molecule has 23 heavy (non-hydrogen) atoms. The third kappa shape index (κ3) is 10.5. The number of hydrogen-bond acceptors (Lipinski definition) is 8. The van der Waals surface area contributed by atoms with Crippen LogP contribution in [0.5, 0.6) is 0 Å². The molecule has 0 bridgehead atoms. The fraction of sp³-hybridized carbons (Fsp3) is 0.333. The monoisotopic (exact) mass is 326 g/mol. The van der Waals surface area contributed by atoms with Crippen LogP contribution in [0.1, 0.15) is 6.92 Å². The van der Waals surface area contributed by atoms with Crippen LogP contribution in [0, 0.1) is 0 Å². The molecule has 0 aliphatic rings. The predicted molar refractivity (Wildman–Crippen MR) is 78.0 cm³/mol. The van der Waals surface area contributed by atoms with E-state index in [9.17, 15) is 19.2 Å². The fourth-order valence-corrected chi connectivity index (χ4v) is 1.07. The first-order valence-corrected chi connectivity index (χ1v) is 6.51. The molecule has 0 atom stereocenters. The molecule has 0 spiro atoms. The summed E-state index contributed by atoms with van der Waals surface area (Å²) in [4.78, 5) is 44.3. The summed E-state index contributed by atoms with van der Waals surface area (Å²) in [5.41, 5.74) is 0.00753. The van der Waals surface area contributed by atoms with Gasteiger partial charge in [0.15, 0.2) is 0 Å². The molecular weight excluding hydrogens is 308 g/mol. The lowest BCUT2D eigenvalue weighted by Gasteiger charge is -2.06. The van der Waals surface area contributed by atoms with Crippen molar-refractivity contribution in [2.75, 3.05) is 26.4 Å². The Morgan fingerprint density at radius 3 is 1.57 bits per heavy atom. The van der Waals surface area contributed by atoms with Crippen molar-refractivity contribution in [2.24, 2.45) is 0 Å². The molecule has 0 saturated carbocycles.